The second kappa shape index (κ2) is 9.03. The van der Waals surface area contributed by atoms with Crippen LogP contribution >= 0.6 is 22.9 Å². The second-order valence-electron chi connectivity index (χ2n) is 7.51. The van der Waals surface area contributed by atoms with Gasteiger partial charge in [0.05, 0.1) is 6.04 Å². The first-order valence-corrected chi connectivity index (χ1v) is 11.2. The summed E-state index contributed by atoms with van der Waals surface area (Å²) in [6.45, 7) is 4.62. The second-order valence-corrected chi connectivity index (χ2v) is 8.95. The van der Waals surface area contributed by atoms with Gasteiger partial charge in [-0.05, 0) is 62.6 Å². The van der Waals surface area contributed by atoms with Crippen molar-refractivity contribution in [1.29, 1.82) is 0 Å². The molecule has 2 N–H and O–H groups in total. The minimum atomic E-state index is -0.338. The highest BCUT2D eigenvalue weighted by atomic mass is 35.5. The Morgan fingerprint density at radius 3 is 2.61 bits per heavy atom. The van der Waals surface area contributed by atoms with Crippen LogP contribution in [0.25, 0.3) is 0 Å². The number of likely N-dealkylation sites (tertiary alicyclic amines) is 1. The molecule has 1 aliphatic rings. The van der Waals surface area contributed by atoms with Crippen molar-refractivity contribution in [2.75, 3.05) is 17.2 Å². The lowest BCUT2D eigenvalue weighted by Gasteiger charge is -2.23. The third-order valence-electron chi connectivity index (χ3n) is 5.16. The van der Waals surface area contributed by atoms with Gasteiger partial charge < -0.3 is 15.5 Å². The van der Waals surface area contributed by atoms with E-state index in [1.54, 1.807) is 29.2 Å². The molecule has 1 aliphatic heterocycles. The van der Waals surface area contributed by atoms with Gasteiger partial charge in [0.25, 0.3) is 5.91 Å². The fourth-order valence-corrected chi connectivity index (χ4v) is 4.60. The number of nitrogens with one attached hydrogen (secondary N) is 2. The Kier molecular flexibility index (Phi) is 6.20. The maximum Gasteiger partial charge on any atom is 0.322 e. The molecule has 4 rings (SSSR count). The fourth-order valence-electron chi connectivity index (χ4n) is 3.59. The SMILES string of the molecule is Cc1ccc(NC(=O)N2CCCC2c2nnc(C(=O)Nc3ccc(Cl)cc3)s2)c(C)c1. The summed E-state index contributed by atoms with van der Waals surface area (Å²) in [5.74, 6) is -0.338. The number of hydrogen-bond acceptors (Lipinski definition) is 5. The van der Waals surface area contributed by atoms with Crippen LogP contribution in [0.2, 0.25) is 5.02 Å². The van der Waals surface area contributed by atoms with Crippen molar-refractivity contribution in [2.24, 2.45) is 0 Å². The average molecular weight is 456 g/mol. The topological polar surface area (TPSA) is 87.2 Å². The standard InChI is InChI=1S/C22H22ClN5O2S/c1-13-5-10-17(14(2)12-13)25-22(30)28-11-3-4-18(28)20-26-27-21(31-20)19(29)24-16-8-6-15(23)7-9-16/h5-10,12,18H,3-4,11H2,1-2H3,(H,24,29)(H,25,30). The lowest BCUT2D eigenvalue weighted by molar-refractivity contribution is 0.102. The number of hydrogen-bond donors (Lipinski definition) is 2. The van der Waals surface area contributed by atoms with Crippen LogP contribution in [0.1, 0.15) is 44.8 Å². The lowest BCUT2D eigenvalue weighted by Crippen LogP contribution is -2.34. The van der Waals surface area contributed by atoms with Gasteiger partial charge in [0.1, 0.15) is 5.01 Å². The number of carbonyl (C=O) groups is 2. The molecule has 0 aliphatic carbocycles. The zero-order chi connectivity index (χ0) is 22.0. The molecule has 0 saturated carbocycles. The van der Waals surface area contributed by atoms with Crippen LogP contribution in [-0.2, 0) is 0 Å². The van der Waals surface area contributed by atoms with E-state index < -0.39 is 0 Å². The van der Waals surface area contributed by atoms with Crippen LogP contribution in [0.4, 0.5) is 16.2 Å². The maximum absolute atomic E-state index is 12.9. The van der Waals surface area contributed by atoms with Crippen molar-refractivity contribution in [2.45, 2.75) is 32.7 Å². The van der Waals surface area contributed by atoms with E-state index in [1.165, 1.54) is 11.3 Å². The van der Waals surface area contributed by atoms with Crippen molar-refractivity contribution in [3.05, 3.63) is 68.6 Å². The van der Waals surface area contributed by atoms with Crippen LogP contribution in [-0.4, -0.2) is 33.6 Å². The molecule has 3 amide bonds. The number of nitrogens with zero attached hydrogens (tertiary/aromatic N) is 3. The minimum Gasteiger partial charge on any atom is -0.320 e. The first-order chi connectivity index (χ1) is 14.9. The molecular formula is C22H22ClN5O2S. The van der Waals surface area contributed by atoms with Crippen LogP contribution in [0, 0.1) is 13.8 Å². The highest BCUT2D eigenvalue weighted by molar-refractivity contribution is 7.13. The number of aryl methyl sites for hydroxylation is 2. The van der Waals surface area contributed by atoms with E-state index in [-0.39, 0.29) is 23.0 Å². The Bertz CT molecular complexity index is 1120. The number of aromatic nitrogens is 2. The third-order valence-corrected chi connectivity index (χ3v) is 6.43. The zero-order valence-electron chi connectivity index (χ0n) is 17.2. The van der Waals surface area contributed by atoms with Gasteiger partial charge in [-0.1, -0.05) is 40.6 Å². The Labute approximate surface area is 189 Å². The number of halogens is 1. The van der Waals surface area contributed by atoms with E-state index in [1.807, 2.05) is 32.0 Å². The molecule has 3 aromatic rings. The molecule has 1 fully saturated rings. The fraction of sp³-hybridized carbons (Fsp3) is 0.273. The first-order valence-electron chi connectivity index (χ1n) is 9.96. The largest absolute Gasteiger partial charge is 0.322 e. The van der Waals surface area contributed by atoms with Crippen molar-refractivity contribution < 1.29 is 9.59 Å². The first kappa shape index (κ1) is 21.3. The quantitative estimate of drug-likeness (QED) is 0.549. The van der Waals surface area contributed by atoms with Gasteiger partial charge in [-0.2, -0.15) is 0 Å². The normalized spacial score (nSPS) is 15.7. The Morgan fingerprint density at radius 2 is 1.87 bits per heavy atom. The number of benzene rings is 2. The summed E-state index contributed by atoms with van der Waals surface area (Å²) in [4.78, 5) is 27.2. The molecule has 160 valence electrons. The number of carbonyl (C=O) groups excluding carboxylic acids is 2. The number of urea groups is 1. The number of amides is 3. The highest BCUT2D eigenvalue weighted by Gasteiger charge is 2.33. The van der Waals surface area contributed by atoms with E-state index in [0.29, 0.717) is 22.3 Å². The van der Waals surface area contributed by atoms with Gasteiger partial charge >= 0.3 is 6.03 Å². The summed E-state index contributed by atoms with van der Waals surface area (Å²) in [7, 11) is 0. The van der Waals surface area contributed by atoms with Gasteiger partial charge in [-0.15, -0.1) is 10.2 Å². The van der Waals surface area contributed by atoms with Crippen LogP contribution in [0.5, 0.6) is 0 Å². The zero-order valence-corrected chi connectivity index (χ0v) is 18.8. The summed E-state index contributed by atoms with van der Waals surface area (Å²) in [5.41, 5.74) is 3.58. The molecule has 1 saturated heterocycles. The molecule has 2 heterocycles. The number of anilines is 2. The molecule has 2 aromatic carbocycles. The predicted octanol–water partition coefficient (Wildman–Crippen LogP) is 5.43. The molecule has 31 heavy (non-hydrogen) atoms. The van der Waals surface area contributed by atoms with E-state index in [9.17, 15) is 9.59 Å². The Morgan fingerprint density at radius 1 is 1.10 bits per heavy atom. The minimum absolute atomic E-state index is 0.170. The van der Waals surface area contributed by atoms with Gasteiger partial charge in [0, 0.05) is 22.9 Å². The monoisotopic (exact) mass is 455 g/mol. The van der Waals surface area contributed by atoms with Crippen molar-refractivity contribution in [3.63, 3.8) is 0 Å². The molecular weight excluding hydrogens is 434 g/mol. The average Bonchev–Trinajstić information content (AvgIpc) is 3.41. The van der Waals surface area contributed by atoms with Gasteiger partial charge in [0.15, 0.2) is 0 Å². The summed E-state index contributed by atoms with van der Waals surface area (Å²) >= 11 is 7.09. The van der Waals surface area contributed by atoms with Crippen LogP contribution in [0.3, 0.4) is 0 Å². The molecule has 9 heteroatoms. The van der Waals surface area contributed by atoms with Crippen molar-refractivity contribution >= 4 is 46.3 Å². The van der Waals surface area contributed by atoms with Crippen LogP contribution in [0.15, 0.2) is 42.5 Å². The van der Waals surface area contributed by atoms with E-state index in [2.05, 4.69) is 20.8 Å². The Hall–Kier alpha value is -2.97. The van der Waals surface area contributed by atoms with E-state index >= 15 is 0 Å². The molecule has 7 nitrogen and oxygen atoms in total. The highest BCUT2D eigenvalue weighted by Crippen LogP contribution is 2.34. The van der Waals surface area contributed by atoms with Gasteiger partial charge in [-0.25, -0.2) is 4.79 Å². The Balaban J connectivity index is 1.45. The van der Waals surface area contributed by atoms with Crippen molar-refractivity contribution in [1.82, 2.24) is 15.1 Å². The maximum atomic E-state index is 12.9. The van der Waals surface area contributed by atoms with Crippen LogP contribution < -0.4 is 10.6 Å². The molecule has 0 spiro atoms. The summed E-state index contributed by atoms with van der Waals surface area (Å²) < 4.78 is 0. The lowest BCUT2D eigenvalue weighted by atomic mass is 10.1. The summed E-state index contributed by atoms with van der Waals surface area (Å²) in [6.07, 6.45) is 1.66. The molecule has 1 unspecified atom stereocenters. The molecule has 1 atom stereocenters. The predicted molar refractivity (Wildman–Crippen MR) is 123 cm³/mol. The molecule has 0 bridgehead atoms. The number of rotatable bonds is 4. The molecule has 0 radical (unpaired) electrons. The van der Waals surface area contributed by atoms with E-state index in [4.69, 9.17) is 11.6 Å². The van der Waals surface area contributed by atoms with Crippen molar-refractivity contribution in [3.8, 4) is 0 Å². The third kappa shape index (κ3) is 4.86. The van der Waals surface area contributed by atoms with Gasteiger partial charge in [0.2, 0.25) is 5.01 Å². The summed E-state index contributed by atoms with van der Waals surface area (Å²) in [5, 5.41) is 15.6. The molecule has 1 aromatic heterocycles. The van der Waals surface area contributed by atoms with E-state index in [0.717, 1.165) is 29.7 Å². The van der Waals surface area contributed by atoms with Gasteiger partial charge in [-0.3, -0.25) is 4.79 Å². The summed E-state index contributed by atoms with van der Waals surface area (Å²) in [6, 6.07) is 12.4. The smallest absolute Gasteiger partial charge is 0.320 e.